The standard InChI is InChI=1S/C43H29NOS/c1-3-13-30(14-4-1)31-23-25-33(26-24-31)44(32-15-5-2-6-16-32)34-27-28-40-38(29-34)43(35-17-7-10-20-39(35)45-40)36-18-8-11-21-41(36)46-42-22-12-9-19-37(42)43/h1-29H. The number of hydrogen-bond acceptors (Lipinski definition) is 3. The van der Waals surface area contributed by atoms with Gasteiger partial charge in [-0.1, -0.05) is 127 Å². The Kier molecular flexibility index (Phi) is 6.32. The second-order valence-corrected chi connectivity index (χ2v) is 12.8. The Balaban J connectivity index is 1.29. The fourth-order valence-electron chi connectivity index (χ4n) is 7.20. The second-order valence-electron chi connectivity index (χ2n) is 11.7. The van der Waals surface area contributed by atoms with Crippen LogP contribution in [0.3, 0.4) is 0 Å². The van der Waals surface area contributed by atoms with Gasteiger partial charge >= 0.3 is 0 Å². The van der Waals surface area contributed by atoms with E-state index in [1.54, 1.807) is 0 Å². The van der Waals surface area contributed by atoms with Gasteiger partial charge in [0, 0.05) is 38.0 Å². The number of ether oxygens (including phenoxy) is 1. The molecule has 2 nitrogen and oxygen atoms in total. The Morgan fingerprint density at radius 3 is 1.59 bits per heavy atom. The molecule has 3 heteroatoms. The molecule has 7 aromatic carbocycles. The summed E-state index contributed by atoms with van der Waals surface area (Å²) in [6, 6.07) is 63.0. The lowest BCUT2D eigenvalue weighted by atomic mass is 9.63. The third-order valence-corrected chi connectivity index (χ3v) is 10.3. The van der Waals surface area contributed by atoms with E-state index in [1.807, 2.05) is 11.8 Å². The van der Waals surface area contributed by atoms with E-state index in [2.05, 4.69) is 181 Å². The lowest BCUT2D eigenvalue weighted by Crippen LogP contribution is -2.36. The summed E-state index contributed by atoms with van der Waals surface area (Å²) in [5.74, 6) is 1.78. The maximum Gasteiger partial charge on any atom is 0.132 e. The molecular weight excluding hydrogens is 579 g/mol. The smallest absolute Gasteiger partial charge is 0.132 e. The average molecular weight is 608 g/mol. The number of rotatable bonds is 4. The summed E-state index contributed by atoms with van der Waals surface area (Å²) in [6.45, 7) is 0. The molecule has 0 atom stereocenters. The second kappa shape index (κ2) is 10.8. The lowest BCUT2D eigenvalue weighted by molar-refractivity contribution is 0.431. The van der Waals surface area contributed by atoms with Crippen LogP contribution >= 0.6 is 11.8 Å². The van der Waals surface area contributed by atoms with Gasteiger partial charge in [0.15, 0.2) is 0 Å². The van der Waals surface area contributed by atoms with Crippen LogP contribution in [-0.2, 0) is 5.41 Å². The predicted molar refractivity (Wildman–Crippen MR) is 189 cm³/mol. The molecule has 0 amide bonds. The molecule has 0 aliphatic carbocycles. The number of fused-ring (bicyclic) bond motifs is 8. The van der Waals surface area contributed by atoms with E-state index in [4.69, 9.17) is 4.74 Å². The van der Waals surface area contributed by atoms with E-state index in [0.29, 0.717) is 0 Å². The highest BCUT2D eigenvalue weighted by molar-refractivity contribution is 7.99. The Labute approximate surface area is 273 Å². The number of benzene rings is 7. The van der Waals surface area contributed by atoms with Gasteiger partial charge in [-0.15, -0.1) is 0 Å². The van der Waals surface area contributed by atoms with Crippen molar-refractivity contribution in [3.63, 3.8) is 0 Å². The summed E-state index contributed by atoms with van der Waals surface area (Å²) >= 11 is 1.85. The first-order valence-electron chi connectivity index (χ1n) is 15.6. The first kappa shape index (κ1) is 26.9. The van der Waals surface area contributed by atoms with E-state index in [1.165, 1.54) is 37.6 Å². The van der Waals surface area contributed by atoms with Gasteiger partial charge in [0.05, 0.1) is 5.41 Å². The molecule has 0 fully saturated rings. The molecule has 9 rings (SSSR count). The first-order chi connectivity index (χ1) is 22.8. The van der Waals surface area contributed by atoms with Crippen molar-refractivity contribution < 1.29 is 4.74 Å². The Hall–Kier alpha value is -5.51. The van der Waals surface area contributed by atoms with Crippen LogP contribution in [0, 0.1) is 0 Å². The highest BCUT2D eigenvalue weighted by Gasteiger charge is 2.49. The number of nitrogens with zero attached hydrogens (tertiary/aromatic N) is 1. The minimum Gasteiger partial charge on any atom is -0.457 e. The Morgan fingerprint density at radius 2 is 0.891 bits per heavy atom. The van der Waals surface area contributed by atoms with Gasteiger partial charge in [-0.3, -0.25) is 0 Å². The van der Waals surface area contributed by atoms with Crippen LogP contribution in [0.15, 0.2) is 186 Å². The van der Waals surface area contributed by atoms with Gasteiger partial charge in [0.25, 0.3) is 0 Å². The average Bonchev–Trinajstić information content (AvgIpc) is 3.13. The van der Waals surface area contributed by atoms with Crippen LogP contribution in [0.4, 0.5) is 17.1 Å². The maximum absolute atomic E-state index is 6.72. The van der Waals surface area contributed by atoms with Gasteiger partial charge in [-0.05, 0) is 82.9 Å². The molecule has 46 heavy (non-hydrogen) atoms. The lowest BCUT2D eigenvalue weighted by Gasteiger charge is -2.45. The number of hydrogen-bond donors (Lipinski definition) is 0. The largest absolute Gasteiger partial charge is 0.457 e. The molecule has 0 saturated heterocycles. The normalized spacial score (nSPS) is 13.5. The topological polar surface area (TPSA) is 12.5 Å². The van der Waals surface area contributed by atoms with Crippen LogP contribution in [0.25, 0.3) is 11.1 Å². The zero-order valence-corrected chi connectivity index (χ0v) is 25.8. The van der Waals surface area contributed by atoms with E-state index in [9.17, 15) is 0 Å². The van der Waals surface area contributed by atoms with Crippen molar-refractivity contribution in [1.29, 1.82) is 0 Å². The summed E-state index contributed by atoms with van der Waals surface area (Å²) in [5.41, 5.74) is 10.0. The van der Waals surface area contributed by atoms with Crippen LogP contribution in [0.5, 0.6) is 11.5 Å². The molecule has 218 valence electrons. The van der Waals surface area contributed by atoms with Crippen molar-refractivity contribution in [3.8, 4) is 22.6 Å². The molecule has 2 heterocycles. The van der Waals surface area contributed by atoms with E-state index < -0.39 is 5.41 Å². The Morgan fingerprint density at radius 1 is 0.391 bits per heavy atom. The molecule has 2 aliphatic rings. The maximum atomic E-state index is 6.72. The Bertz CT molecular complexity index is 2110. The van der Waals surface area contributed by atoms with Crippen molar-refractivity contribution in [2.75, 3.05) is 4.90 Å². The fourth-order valence-corrected chi connectivity index (χ4v) is 8.39. The van der Waals surface area contributed by atoms with Crippen molar-refractivity contribution in [2.24, 2.45) is 0 Å². The molecule has 1 spiro atoms. The molecule has 0 bridgehead atoms. The number of para-hydroxylation sites is 2. The van der Waals surface area contributed by atoms with Gasteiger partial charge in [0.1, 0.15) is 11.5 Å². The van der Waals surface area contributed by atoms with Gasteiger partial charge in [-0.2, -0.15) is 0 Å². The molecule has 0 radical (unpaired) electrons. The molecule has 0 N–H and O–H groups in total. The van der Waals surface area contributed by atoms with Crippen LogP contribution in [0.2, 0.25) is 0 Å². The zero-order chi connectivity index (χ0) is 30.5. The minimum absolute atomic E-state index is 0.544. The van der Waals surface area contributed by atoms with E-state index >= 15 is 0 Å². The van der Waals surface area contributed by atoms with Crippen LogP contribution in [0.1, 0.15) is 22.3 Å². The van der Waals surface area contributed by atoms with Crippen molar-refractivity contribution in [2.45, 2.75) is 15.2 Å². The minimum atomic E-state index is -0.544. The number of anilines is 3. The quantitative estimate of drug-likeness (QED) is 0.197. The molecule has 2 aliphatic heterocycles. The van der Waals surface area contributed by atoms with Gasteiger partial charge < -0.3 is 9.64 Å². The SMILES string of the molecule is c1ccc(-c2ccc(N(c3ccccc3)c3ccc4c(c3)C3(c5ccccc5O4)c4ccccc4Sc4ccccc43)cc2)cc1. The fraction of sp³-hybridized carbons (Fsp3) is 0.0233. The van der Waals surface area contributed by atoms with Crippen molar-refractivity contribution >= 4 is 28.8 Å². The summed E-state index contributed by atoms with van der Waals surface area (Å²) < 4.78 is 6.72. The molecule has 0 aromatic heterocycles. The van der Waals surface area contributed by atoms with Gasteiger partial charge in [-0.25, -0.2) is 0 Å². The van der Waals surface area contributed by atoms with E-state index in [-0.39, 0.29) is 0 Å². The highest BCUT2D eigenvalue weighted by Crippen LogP contribution is 2.62. The van der Waals surface area contributed by atoms with E-state index in [0.717, 1.165) is 34.1 Å². The molecule has 7 aromatic rings. The monoisotopic (exact) mass is 607 g/mol. The zero-order valence-electron chi connectivity index (χ0n) is 25.0. The third-order valence-electron chi connectivity index (χ3n) is 9.19. The summed E-state index contributed by atoms with van der Waals surface area (Å²) in [5, 5.41) is 0. The summed E-state index contributed by atoms with van der Waals surface area (Å²) in [6.07, 6.45) is 0. The van der Waals surface area contributed by atoms with Crippen LogP contribution < -0.4 is 9.64 Å². The van der Waals surface area contributed by atoms with Crippen molar-refractivity contribution in [3.05, 3.63) is 198 Å². The van der Waals surface area contributed by atoms with Crippen LogP contribution in [-0.4, -0.2) is 0 Å². The highest BCUT2D eigenvalue weighted by atomic mass is 32.2. The molecule has 0 saturated carbocycles. The third kappa shape index (κ3) is 4.13. The molecular formula is C43H29NOS. The molecule has 0 unspecified atom stereocenters. The van der Waals surface area contributed by atoms with Gasteiger partial charge in [0.2, 0.25) is 0 Å². The summed E-state index contributed by atoms with van der Waals surface area (Å²) in [7, 11) is 0. The predicted octanol–water partition coefficient (Wildman–Crippen LogP) is 11.8. The summed E-state index contributed by atoms with van der Waals surface area (Å²) in [4.78, 5) is 4.88. The first-order valence-corrected chi connectivity index (χ1v) is 16.4. The van der Waals surface area contributed by atoms with Crippen molar-refractivity contribution in [1.82, 2.24) is 0 Å².